The number of carbonyl (C=O) groups is 1. The number of nitrogens with one attached hydrogen (secondary N) is 1. The van der Waals surface area contributed by atoms with E-state index in [-0.39, 0.29) is 6.09 Å². The predicted molar refractivity (Wildman–Crippen MR) is 84.0 cm³/mol. The number of amides is 1. The number of rotatable bonds is 4. The van der Waals surface area contributed by atoms with E-state index in [0.717, 1.165) is 19.0 Å². The molecule has 1 saturated heterocycles. The summed E-state index contributed by atoms with van der Waals surface area (Å²) in [6.45, 7) is 8.08. The van der Waals surface area contributed by atoms with Crippen LogP contribution in [0.25, 0.3) is 0 Å². The standard InChI is InChI=1S/C17H24F2N2O2/c1-17(2,3)23-16(22)21-7-6-13(11-21)10-20-9-12-4-5-14(18)15(19)8-12/h4-5,8,13,20H,6-7,9-11H2,1-3H3. The molecule has 6 heteroatoms. The van der Waals surface area contributed by atoms with Gasteiger partial charge in [-0.2, -0.15) is 0 Å². The molecule has 0 saturated carbocycles. The molecule has 0 aromatic heterocycles. The molecular formula is C17H24F2N2O2. The Morgan fingerprint density at radius 3 is 2.74 bits per heavy atom. The van der Waals surface area contributed by atoms with Crippen molar-refractivity contribution in [2.75, 3.05) is 19.6 Å². The molecule has 1 fully saturated rings. The number of ether oxygens (including phenoxy) is 1. The molecule has 1 atom stereocenters. The average molecular weight is 326 g/mol. The maximum absolute atomic E-state index is 13.1. The fourth-order valence-corrected chi connectivity index (χ4v) is 2.56. The first kappa shape index (κ1) is 17.7. The van der Waals surface area contributed by atoms with Crippen LogP contribution in [0, 0.1) is 17.6 Å². The van der Waals surface area contributed by atoms with E-state index in [1.165, 1.54) is 6.07 Å². The van der Waals surface area contributed by atoms with Gasteiger partial charge in [-0.3, -0.25) is 0 Å². The molecule has 1 N–H and O–H groups in total. The largest absolute Gasteiger partial charge is 0.444 e. The Kier molecular flexibility index (Phi) is 5.57. The number of hydrogen-bond acceptors (Lipinski definition) is 3. The first-order valence-electron chi connectivity index (χ1n) is 7.87. The number of hydrogen-bond donors (Lipinski definition) is 1. The van der Waals surface area contributed by atoms with Gasteiger partial charge in [-0.1, -0.05) is 6.07 Å². The van der Waals surface area contributed by atoms with Gasteiger partial charge in [-0.15, -0.1) is 0 Å². The minimum atomic E-state index is -0.836. The van der Waals surface area contributed by atoms with Gasteiger partial charge < -0.3 is 15.0 Å². The van der Waals surface area contributed by atoms with E-state index in [1.807, 2.05) is 20.8 Å². The van der Waals surface area contributed by atoms with E-state index < -0.39 is 17.2 Å². The Labute approximate surface area is 135 Å². The van der Waals surface area contributed by atoms with Gasteiger partial charge in [0.1, 0.15) is 5.60 Å². The third-order valence-electron chi connectivity index (χ3n) is 3.68. The van der Waals surface area contributed by atoms with E-state index in [1.54, 1.807) is 11.0 Å². The summed E-state index contributed by atoms with van der Waals surface area (Å²) in [5.74, 6) is -1.33. The van der Waals surface area contributed by atoms with E-state index in [9.17, 15) is 13.6 Å². The fraction of sp³-hybridized carbons (Fsp3) is 0.588. The Morgan fingerprint density at radius 2 is 2.09 bits per heavy atom. The Morgan fingerprint density at radius 1 is 1.35 bits per heavy atom. The summed E-state index contributed by atoms with van der Waals surface area (Å²) in [4.78, 5) is 13.7. The summed E-state index contributed by atoms with van der Waals surface area (Å²) in [5, 5.41) is 3.23. The van der Waals surface area contributed by atoms with Crippen molar-refractivity contribution >= 4 is 6.09 Å². The number of carbonyl (C=O) groups excluding carboxylic acids is 1. The molecule has 1 aliphatic heterocycles. The van der Waals surface area contributed by atoms with Crippen molar-refractivity contribution in [3.8, 4) is 0 Å². The third-order valence-corrected chi connectivity index (χ3v) is 3.68. The molecular weight excluding hydrogens is 302 g/mol. The molecule has 1 aliphatic rings. The number of benzene rings is 1. The van der Waals surface area contributed by atoms with E-state index in [0.29, 0.717) is 31.1 Å². The molecule has 0 aliphatic carbocycles. The zero-order valence-corrected chi connectivity index (χ0v) is 13.9. The first-order valence-corrected chi connectivity index (χ1v) is 7.87. The highest BCUT2D eigenvalue weighted by atomic mass is 19.2. The Bertz CT molecular complexity index is 558. The van der Waals surface area contributed by atoms with Crippen LogP contribution in [0.3, 0.4) is 0 Å². The van der Waals surface area contributed by atoms with Crippen molar-refractivity contribution in [2.24, 2.45) is 5.92 Å². The lowest BCUT2D eigenvalue weighted by Gasteiger charge is -2.24. The van der Waals surface area contributed by atoms with Crippen LogP contribution < -0.4 is 5.32 Å². The van der Waals surface area contributed by atoms with Crippen LogP contribution in [0.1, 0.15) is 32.8 Å². The first-order chi connectivity index (χ1) is 10.7. The molecule has 0 spiro atoms. The van der Waals surface area contributed by atoms with Gasteiger partial charge in [0.15, 0.2) is 11.6 Å². The summed E-state index contributed by atoms with van der Waals surface area (Å²) in [7, 11) is 0. The van der Waals surface area contributed by atoms with E-state index in [4.69, 9.17) is 4.74 Å². The van der Waals surface area contributed by atoms with Crippen molar-refractivity contribution < 1.29 is 18.3 Å². The molecule has 23 heavy (non-hydrogen) atoms. The van der Waals surface area contributed by atoms with Crippen molar-refractivity contribution in [3.05, 3.63) is 35.4 Å². The van der Waals surface area contributed by atoms with Gasteiger partial charge in [0.05, 0.1) is 0 Å². The highest BCUT2D eigenvalue weighted by Gasteiger charge is 2.29. The minimum absolute atomic E-state index is 0.277. The van der Waals surface area contributed by atoms with Crippen LogP contribution >= 0.6 is 0 Å². The lowest BCUT2D eigenvalue weighted by molar-refractivity contribution is 0.0288. The molecule has 1 heterocycles. The highest BCUT2D eigenvalue weighted by molar-refractivity contribution is 5.68. The Balaban J connectivity index is 1.73. The van der Waals surface area contributed by atoms with Gasteiger partial charge in [0.25, 0.3) is 0 Å². The molecule has 1 aromatic carbocycles. The SMILES string of the molecule is CC(C)(C)OC(=O)N1CCC(CNCc2ccc(F)c(F)c2)C1. The van der Waals surface area contributed by atoms with Crippen LogP contribution in [0.4, 0.5) is 13.6 Å². The number of nitrogens with zero attached hydrogens (tertiary/aromatic N) is 1. The second kappa shape index (κ2) is 7.25. The second-order valence-electron chi connectivity index (χ2n) is 6.96. The topological polar surface area (TPSA) is 41.6 Å². The molecule has 1 aromatic rings. The lowest BCUT2D eigenvalue weighted by atomic mass is 10.1. The normalized spacial score (nSPS) is 18.3. The molecule has 1 amide bonds. The fourth-order valence-electron chi connectivity index (χ4n) is 2.56. The van der Waals surface area contributed by atoms with Crippen LogP contribution in [0.2, 0.25) is 0 Å². The summed E-state index contributed by atoms with van der Waals surface area (Å²) in [5.41, 5.74) is 0.214. The average Bonchev–Trinajstić information content (AvgIpc) is 2.90. The maximum Gasteiger partial charge on any atom is 0.410 e. The molecule has 2 rings (SSSR count). The number of halogens is 2. The van der Waals surface area contributed by atoms with Crippen molar-refractivity contribution in [1.82, 2.24) is 10.2 Å². The van der Waals surface area contributed by atoms with Gasteiger partial charge in [0, 0.05) is 26.2 Å². The van der Waals surface area contributed by atoms with Crippen molar-refractivity contribution in [1.29, 1.82) is 0 Å². The van der Waals surface area contributed by atoms with Gasteiger partial charge in [-0.05, 0) is 50.8 Å². The molecule has 0 bridgehead atoms. The minimum Gasteiger partial charge on any atom is -0.444 e. The predicted octanol–water partition coefficient (Wildman–Crippen LogP) is 3.31. The number of likely N-dealkylation sites (tertiary alicyclic amines) is 1. The smallest absolute Gasteiger partial charge is 0.410 e. The maximum atomic E-state index is 13.1. The van der Waals surface area contributed by atoms with Gasteiger partial charge >= 0.3 is 6.09 Å². The lowest BCUT2D eigenvalue weighted by Crippen LogP contribution is -2.36. The second-order valence-corrected chi connectivity index (χ2v) is 6.96. The quantitative estimate of drug-likeness (QED) is 0.923. The third kappa shape index (κ3) is 5.46. The molecule has 0 radical (unpaired) electrons. The van der Waals surface area contributed by atoms with Crippen molar-refractivity contribution in [2.45, 2.75) is 39.3 Å². The molecule has 128 valence electrons. The summed E-state index contributed by atoms with van der Waals surface area (Å²) >= 11 is 0. The van der Waals surface area contributed by atoms with Crippen molar-refractivity contribution in [3.63, 3.8) is 0 Å². The van der Waals surface area contributed by atoms with Gasteiger partial charge in [-0.25, -0.2) is 13.6 Å². The van der Waals surface area contributed by atoms with Crippen LogP contribution in [0.15, 0.2) is 18.2 Å². The summed E-state index contributed by atoms with van der Waals surface area (Å²) in [6, 6.07) is 3.89. The zero-order valence-electron chi connectivity index (χ0n) is 13.9. The van der Waals surface area contributed by atoms with E-state index >= 15 is 0 Å². The van der Waals surface area contributed by atoms with E-state index in [2.05, 4.69) is 5.32 Å². The van der Waals surface area contributed by atoms with Crippen LogP contribution in [-0.4, -0.2) is 36.2 Å². The zero-order chi connectivity index (χ0) is 17.0. The summed E-state index contributed by atoms with van der Waals surface area (Å²) in [6.07, 6.45) is 0.630. The molecule has 1 unspecified atom stereocenters. The van der Waals surface area contributed by atoms with Crippen LogP contribution in [-0.2, 0) is 11.3 Å². The van der Waals surface area contributed by atoms with Gasteiger partial charge in [0.2, 0.25) is 0 Å². The molecule has 4 nitrogen and oxygen atoms in total. The summed E-state index contributed by atoms with van der Waals surface area (Å²) < 4.78 is 31.3. The Hall–Kier alpha value is -1.69. The monoisotopic (exact) mass is 326 g/mol. The highest BCUT2D eigenvalue weighted by Crippen LogP contribution is 2.19. The van der Waals surface area contributed by atoms with Crippen LogP contribution in [0.5, 0.6) is 0 Å².